The summed E-state index contributed by atoms with van der Waals surface area (Å²) in [4.78, 5) is 9.54. The van der Waals surface area contributed by atoms with Gasteiger partial charge in [-0.1, -0.05) is 32.0 Å². The Morgan fingerprint density at radius 2 is 2.09 bits per heavy atom. The first-order chi connectivity index (χ1) is 10.9. The minimum Gasteiger partial charge on any atom is -0.334 e. The highest BCUT2D eigenvalue weighted by Gasteiger charge is 2.19. The van der Waals surface area contributed by atoms with Crippen molar-refractivity contribution >= 4 is 18.0 Å². The standard InChI is InChI=1S/C17H18FN3OS/c1-17(2,3)23-13-9-11(8-12(18)10-13)16-20-15(21-22-16)14-6-4-5-7-19-14/h4-5,7-10,14H,6H2,1-3H3. The highest BCUT2D eigenvalue weighted by Crippen LogP contribution is 2.35. The molecule has 1 aliphatic rings. The molecule has 4 nitrogen and oxygen atoms in total. The Morgan fingerprint density at radius 3 is 2.78 bits per heavy atom. The van der Waals surface area contributed by atoms with Crippen molar-refractivity contribution in [2.45, 2.75) is 42.9 Å². The summed E-state index contributed by atoms with van der Waals surface area (Å²) in [5.74, 6) is 0.530. The van der Waals surface area contributed by atoms with E-state index in [1.807, 2.05) is 18.2 Å². The number of halogens is 1. The molecular weight excluding hydrogens is 313 g/mol. The van der Waals surface area contributed by atoms with Crippen LogP contribution in [0.1, 0.15) is 39.1 Å². The summed E-state index contributed by atoms with van der Waals surface area (Å²) < 4.78 is 19.2. The molecule has 0 saturated heterocycles. The van der Waals surface area contributed by atoms with Gasteiger partial charge < -0.3 is 4.52 Å². The highest BCUT2D eigenvalue weighted by molar-refractivity contribution is 8.00. The van der Waals surface area contributed by atoms with E-state index in [2.05, 4.69) is 35.9 Å². The van der Waals surface area contributed by atoms with Crippen molar-refractivity contribution in [3.63, 3.8) is 0 Å². The monoisotopic (exact) mass is 331 g/mol. The molecule has 23 heavy (non-hydrogen) atoms. The van der Waals surface area contributed by atoms with E-state index in [1.165, 1.54) is 12.1 Å². The van der Waals surface area contributed by atoms with Crippen molar-refractivity contribution in [3.8, 4) is 11.5 Å². The third-order valence-electron chi connectivity index (χ3n) is 3.13. The maximum atomic E-state index is 13.9. The molecule has 6 heteroatoms. The minimum absolute atomic E-state index is 0.00574. The van der Waals surface area contributed by atoms with E-state index < -0.39 is 0 Å². The van der Waals surface area contributed by atoms with Crippen LogP contribution in [0.5, 0.6) is 0 Å². The molecule has 0 spiro atoms. The lowest BCUT2D eigenvalue weighted by molar-refractivity contribution is 0.416. The molecule has 2 heterocycles. The zero-order valence-electron chi connectivity index (χ0n) is 13.3. The number of aliphatic imine (C=N–C) groups is 1. The van der Waals surface area contributed by atoms with Crippen LogP contribution in [0.2, 0.25) is 0 Å². The number of allylic oxidation sites excluding steroid dienone is 1. The summed E-state index contributed by atoms with van der Waals surface area (Å²) in [7, 11) is 0. The van der Waals surface area contributed by atoms with Gasteiger partial charge in [-0.15, -0.1) is 11.8 Å². The van der Waals surface area contributed by atoms with E-state index >= 15 is 0 Å². The molecule has 1 aliphatic heterocycles. The molecule has 0 N–H and O–H groups in total. The molecule has 0 saturated carbocycles. The van der Waals surface area contributed by atoms with Crippen molar-refractivity contribution in [1.82, 2.24) is 10.1 Å². The van der Waals surface area contributed by atoms with E-state index in [-0.39, 0.29) is 16.6 Å². The molecule has 120 valence electrons. The summed E-state index contributed by atoms with van der Waals surface area (Å²) in [5, 5.41) is 3.99. The van der Waals surface area contributed by atoms with Gasteiger partial charge in [0.1, 0.15) is 11.9 Å². The molecule has 1 unspecified atom stereocenters. The molecule has 0 fully saturated rings. The van der Waals surface area contributed by atoms with Crippen LogP contribution >= 0.6 is 11.8 Å². The highest BCUT2D eigenvalue weighted by atomic mass is 32.2. The molecule has 3 rings (SSSR count). The topological polar surface area (TPSA) is 51.3 Å². The smallest absolute Gasteiger partial charge is 0.258 e. The number of rotatable bonds is 3. The van der Waals surface area contributed by atoms with E-state index in [0.29, 0.717) is 17.3 Å². The first-order valence-corrected chi connectivity index (χ1v) is 8.24. The maximum absolute atomic E-state index is 13.9. The largest absolute Gasteiger partial charge is 0.334 e. The minimum atomic E-state index is -0.312. The fraction of sp³-hybridized carbons (Fsp3) is 0.353. The summed E-state index contributed by atoms with van der Waals surface area (Å²) in [6, 6.07) is 4.68. The quantitative estimate of drug-likeness (QED) is 0.755. The number of thioether (sulfide) groups is 1. The number of nitrogens with zero attached hydrogens (tertiary/aromatic N) is 3. The van der Waals surface area contributed by atoms with E-state index in [9.17, 15) is 4.39 Å². The lowest BCUT2D eigenvalue weighted by atomic mass is 10.1. The number of dihydropyridines is 1. The summed E-state index contributed by atoms with van der Waals surface area (Å²) in [6.07, 6.45) is 6.36. The summed E-state index contributed by atoms with van der Waals surface area (Å²) in [5.41, 5.74) is 0.589. The Labute approximate surface area is 138 Å². The van der Waals surface area contributed by atoms with Gasteiger partial charge in [-0.2, -0.15) is 4.98 Å². The predicted octanol–water partition coefficient (Wildman–Crippen LogP) is 4.84. The fourth-order valence-corrected chi connectivity index (χ4v) is 3.31. The second-order valence-corrected chi connectivity index (χ2v) is 8.23. The van der Waals surface area contributed by atoms with Crippen molar-refractivity contribution in [2.24, 2.45) is 4.99 Å². The average molecular weight is 331 g/mol. The van der Waals surface area contributed by atoms with Gasteiger partial charge in [0, 0.05) is 21.4 Å². The Balaban J connectivity index is 1.88. The molecule has 0 aliphatic carbocycles. The molecule has 1 aromatic heterocycles. The Morgan fingerprint density at radius 1 is 1.26 bits per heavy atom. The van der Waals surface area contributed by atoms with Crippen LogP contribution in [-0.2, 0) is 0 Å². The zero-order valence-corrected chi connectivity index (χ0v) is 14.1. The van der Waals surface area contributed by atoms with E-state index in [0.717, 1.165) is 11.3 Å². The van der Waals surface area contributed by atoms with Crippen LogP contribution in [-0.4, -0.2) is 21.1 Å². The van der Waals surface area contributed by atoms with Gasteiger partial charge in [0.05, 0.1) is 0 Å². The van der Waals surface area contributed by atoms with Crippen LogP contribution in [0.4, 0.5) is 4.39 Å². The van der Waals surface area contributed by atoms with Crippen molar-refractivity contribution in [1.29, 1.82) is 0 Å². The van der Waals surface area contributed by atoms with Crippen molar-refractivity contribution in [3.05, 3.63) is 42.0 Å². The number of hydrogen-bond donors (Lipinski definition) is 0. The summed E-state index contributed by atoms with van der Waals surface area (Å²) >= 11 is 1.60. The van der Waals surface area contributed by atoms with Gasteiger partial charge in [0.15, 0.2) is 5.82 Å². The van der Waals surface area contributed by atoms with Crippen LogP contribution in [0, 0.1) is 5.82 Å². The third-order valence-corrected chi connectivity index (χ3v) is 4.21. The average Bonchev–Trinajstić information content (AvgIpc) is 2.95. The lowest BCUT2D eigenvalue weighted by Crippen LogP contribution is -2.06. The predicted molar refractivity (Wildman–Crippen MR) is 90.3 cm³/mol. The maximum Gasteiger partial charge on any atom is 0.258 e. The van der Waals surface area contributed by atoms with Gasteiger partial charge >= 0.3 is 0 Å². The van der Waals surface area contributed by atoms with E-state index in [1.54, 1.807) is 18.0 Å². The fourth-order valence-electron chi connectivity index (χ4n) is 2.24. The van der Waals surface area contributed by atoms with Crippen LogP contribution in [0.15, 0.2) is 44.8 Å². The van der Waals surface area contributed by atoms with Crippen LogP contribution in [0.3, 0.4) is 0 Å². The summed E-state index contributed by atoms with van der Waals surface area (Å²) in [6.45, 7) is 6.25. The Bertz CT molecular complexity index is 761. The second kappa shape index (κ2) is 6.28. The van der Waals surface area contributed by atoms with Gasteiger partial charge in [-0.25, -0.2) is 4.39 Å². The Hall–Kier alpha value is -1.95. The third kappa shape index (κ3) is 4.07. The number of benzene rings is 1. The Kier molecular flexibility index (Phi) is 4.35. The number of hydrogen-bond acceptors (Lipinski definition) is 5. The normalized spacial score (nSPS) is 17.7. The van der Waals surface area contributed by atoms with Crippen molar-refractivity contribution < 1.29 is 8.91 Å². The molecule has 0 amide bonds. The molecule has 0 bridgehead atoms. The van der Waals surface area contributed by atoms with Crippen LogP contribution in [0.25, 0.3) is 11.5 Å². The van der Waals surface area contributed by atoms with Gasteiger partial charge in [-0.05, 0) is 30.7 Å². The first kappa shape index (κ1) is 15.9. The molecular formula is C17H18FN3OS. The molecule has 1 aromatic carbocycles. The van der Waals surface area contributed by atoms with Gasteiger partial charge in [0.25, 0.3) is 5.89 Å². The van der Waals surface area contributed by atoms with Gasteiger partial charge in [0.2, 0.25) is 0 Å². The second-order valence-electron chi connectivity index (χ2n) is 6.33. The van der Waals surface area contributed by atoms with E-state index in [4.69, 9.17) is 4.52 Å². The van der Waals surface area contributed by atoms with Crippen LogP contribution < -0.4 is 0 Å². The number of aromatic nitrogens is 2. The molecule has 0 radical (unpaired) electrons. The first-order valence-electron chi connectivity index (χ1n) is 7.43. The lowest BCUT2D eigenvalue weighted by Gasteiger charge is -2.17. The molecule has 2 aromatic rings. The van der Waals surface area contributed by atoms with Gasteiger partial charge in [-0.3, -0.25) is 4.99 Å². The molecule has 1 atom stereocenters. The van der Waals surface area contributed by atoms with Crippen molar-refractivity contribution in [2.75, 3.05) is 0 Å². The SMILES string of the molecule is CC(C)(C)Sc1cc(F)cc(-c2nc(C3CC=CC=N3)no2)c1. The zero-order chi connectivity index (χ0) is 16.4.